The quantitative estimate of drug-likeness (QED) is 0.806. The molecule has 2 unspecified atom stereocenters. The molecule has 3 nitrogen and oxygen atoms in total. The van der Waals surface area contributed by atoms with Crippen molar-refractivity contribution in [1.82, 2.24) is 0 Å². The summed E-state index contributed by atoms with van der Waals surface area (Å²) in [6.45, 7) is 0.466. The van der Waals surface area contributed by atoms with Crippen LogP contribution in [0.2, 0.25) is 5.02 Å². The van der Waals surface area contributed by atoms with E-state index < -0.39 is 5.41 Å². The van der Waals surface area contributed by atoms with Gasteiger partial charge in [-0.25, -0.2) is 0 Å². The first kappa shape index (κ1) is 10.5. The fourth-order valence-electron chi connectivity index (χ4n) is 2.20. The molecule has 0 radical (unpaired) electrons. The highest BCUT2D eigenvalue weighted by Gasteiger charge is 2.59. The molecule has 1 fully saturated rings. The Morgan fingerprint density at radius 2 is 2.20 bits per heavy atom. The Morgan fingerprint density at radius 3 is 2.67 bits per heavy atom. The third-order valence-corrected chi connectivity index (χ3v) is 3.51. The monoisotopic (exact) mass is 224 g/mol. The Labute approximate surface area is 93.4 Å². The summed E-state index contributed by atoms with van der Waals surface area (Å²) in [4.78, 5) is 11.5. The van der Waals surface area contributed by atoms with E-state index >= 15 is 0 Å². The van der Waals surface area contributed by atoms with Gasteiger partial charge in [0.15, 0.2) is 0 Å². The Hall–Kier alpha value is -1.06. The molecule has 15 heavy (non-hydrogen) atoms. The number of rotatable bonds is 3. The normalized spacial score (nSPS) is 28.8. The third-order valence-electron chi connectivity index (χ3n) is 3.18. The molecule has 4 heteroatoms. The Balaban J connectivity index is 2.45. The first-order valence-electron chi connectivity index (χ1n) is 4.88. The van der Waals surface area contributed by atoms with E-state index in [0.29, 0.717) is 18.0 Å². The highest BCUT2D eigenvalue weighted by atomic mass is 35.5. The van der Waals surface area contributed by atoms with Crippen molar-refractivity contribution >= 4 is 17.5 Å². The van der Waals surface area contributed by atoms with E-state index in [1.165, 1.54) is 0 Å². The lowest BCUT2D eigenvalue weighted by atomic mass is 9.92. The number of amides is 1. The van der Waals surface area contributed by atoms with Crippen LogP contribution >= 0.6 is 11.6 Å². The molecule has 0 aliphatic heterocycles. The van der Waals surface area contributed by atoms with Crippen molar-refractivity contribution < 1.29 is 4.79 Å². The molecule has 0 saturated heterocycles. The number of benzene rings is 1. The predicted octanol–water partition coefficient (Wildman–Crippen LogP) is 1.04. The zero-order valence-corrected chi connectivity index (χ0v) is 9.00. The number of hydrogen-bond donors (Lipinski definition) is 2. The summed E-state index contributed by atoms with van der Waals surface area (Å²) in [7, 11) is 0. The fourth-order valence-corrected chi connectivity index (χ4v) is 2.51. The van der Waals surface area contributed by atoms with Gasteiger partial charge in [0.05, 0.1) is 5.41 Å². The van der Waals surface area contributed by atoms with Crippen LogP contribution < -0.4 is 11.5 Å². The average molecular weight is 225 g/mol. The molecule has 80 valence electrons. The Bertz CT molecular complexity index is 407. The van der Waals surface area contributed by atoms with Crippen molar-refractivity contribution in [2.75, 3.05) is 6.54 Å². The van der Waals surface area contributed by atoms with Crippen LogP contribution in [0.25, 0.3) is 0 Å². The Kier molecular flexibility index (Phi) is 2.44. The minimum Gasteiger partial charge on any atom is -0.369 e. The van der Waals surface area contributed by atoms with Crippen molar-refractivity contribution in [3.8, 4) is 0 Å². The molecular formula is C11H13ClN2O. The van der Waals surface area contributed by atoms with Gasteiger partial charge in [-0.1, -0.05) is 29.8 Å². The van der Waals surface area contributed by atoms with Gasteiger partial charge in [0.1, 0.15) is 0 Å². The van der Waals surface area contributed by atoms with Crippen molar-refractivity contribution in [3.05, 3.63) is 34.9 Å². The zero-order chi connectivity index (χ0) is 11.1. The van der Waals surface area contributed by atoms with Crippen molar-refractivity contribution in [3.63, 3.8) is 0 Å². The first-order valence-corrected chi connectivity index (χ1v) is 5.25. The van der Waals surface area contributed by atoms with Crippen molar-refractivity contribution in [2.45, 2.75) is 11.8 Å². The van der Waals surface area contributed by atoms with Crippen LogP contribution in [0.4, 0.5) is 0 Å². The van der Waals surface area contributed by atoms with E-state index in [4.69, 9.17) is 23.1 Å². The van der Waals surface area contributed by atoms with Crippen LogP contribution in [0.5, 0.6) is 0 Å². The molecule has 1 aliphatic rings. The number of nitrogens with two attached hydrogens (primary N) is 2. The molecule has 4 N–H and O–H groups in total. The van der Waals surface area contributed by atoms with Gasteiger partial charge in [-0.3, -0.25) is 4.79 Å². The molecule has 0 heterocycles. The van der Waals surface area contributed by atoms with Crippen molar-refractivity contribution in [1.29, 1.82) is 0 Å². The van der Waals surface area contributed by atoms with Crippen LogP contribution in [0.1, 0.15) is 12.0 Å². The molecule has 0 bridgehead atoms. The largest absolute Gasteiger partial charge is 0.369 e. The van der Waals surface area contributed by atoms with Gasteiger partial charge in [-0.2, -0.15) is 0 Å². The van der Waals surface area contributed by atoms with E-state index in [9.17, 15) is 4.79 Å². The van der Waals surface area contributed by atoms with Crippen LogP contribution in [0.3, 0.4) is 0 Å². The minimum atomic E-state index is -0.618. The van der Waals surface area contributed by atoms with Crippen LogP contribution in [-0.2, 0) is 10.2 Å². The summed E-state index contributed by atoms with van der Waals surface area (Å²) < 4.78 is 0. The molecule has 1 amide bonds. The standard InChI is InChI=1S/C11H13ClN2O/c12-9-4-2-1-3-8(9)11(10(14)15)5-7(11)6-13/h1-4,7H,5-6,13H2,(H2,14,15). The first-order chi connectivity index (χ1) is 7.13. The molecule has 2 rings (SSSR count). The topological polar surface area (TPSA) is 69.1 Å². The second-order valence-electron chi connectivity index (χ2n) is 3.95. The highest BCUT2D eigenvalue weighted by Crippen LogP contribution is 2.55. The SMILES string of the molecule is NCC1CC1(C(N)=O)c1ccccc1Cl. The lowest BCUT2D eigenvalue weighted by molar-refractivity contribution is -0.120. The van der Waals surface area contributed by atoms with E-state index in [2.05, 4.69) is 0 Å². The molecule has 1 aliphatic carbocycles. The maximum absolute atomic E-state index is 11.5. The lowest BCUT2D eigenvalue weighted by Crippen LogP contribution is -2.32. The summed E-state index contributed by atoms with van der Waals surface area (Å²) in [5, 5.41) is 0.590. The summed E-state index contributed by atoms with van der Waals surface area (Å²) >= 11 is 6.07. The van der Waals surface area contributed by atoms with E-state index in [-0.39, 0.29) is 11.8 Å². The smallest absolute Gasteiger partial charge is 0.228 e. The second kappa shape index (κ2) is 3.51. The van der Waals surface area contributed by atoms with Gasteiger partial charge in [0.2, 0.25) is 5.91 Å². The van der Waals surface area contributed by atoms with Gasteiger partial charge >= 0.3 is 0 Å². The van der Waals surface area contributed by atoms with E-state index in [1.54, 1.807) is 6.07 Å². The average Bonchev–Trinajstić information content (AvgIpc) is 2.94. The zero-order valence-electron chi connectivity index (χ0n) is 8.24. The summed E-state index contributed by atoms with van der Waals surface area (Å²) in [5.74, 6) is -0.194. The maximum atomic E-state index is 11.5. The second-order valence-corrected chi connectivity index (χ2v) is 4.36. The molecule has 1 saturated carbocycles. The van der Waals surface area contributed by atoms with E-state index in [0.717, 1.165) is 5.56 Å². The van der Waals surface area contributed by atoms with Gasteiger partial charge in [-0.15, -0.1) is 0 Å². The molecule has 1 aromatic rings. The molecular weight excluding hydrogens is 212 g/mol. The van der Waals surface area contributed by atoms with Crippen molar-refractivity contribution in [2.24, 2.45) is 17.4 Å². The highest BCUT2D eigenvalue weighted by molar-refractivity contribution is 6.31. The lowest BCUT2D eigenvalue weighted by Gasteiger charge is -2.15. The van der Waals surface area contributed by atoms with Crippen LogP contribution in [0, 0.1) is 5.92 Å². The molecule has 1 aromatic carbocycles. The number of halogens is 1. The van der Waals surface area contributed by atoms with Crippen LogP contribution in [-0.4, -0.2) is 12.5 Å². The summed E-state index contributed by atoms with van der Waals surface area (Å²) in [6, 6.07) is 7.31. The summed E-state index contributed by atoms with van der Waals surface area (Å²) in [6.07, 6.45) is 0.711. The van der Waals surface area contributed by atoms with Gasteiger partial charge in [-0.05, 0) is 30.5 Å². The van der Waals surface area contributed by atoms with Gasteiger partial charge in [0.25, 0.3) is 0 Å². The number of hydrogen-bond acceptors (Lipinski definition) is 2. The number of carbonyl (C=O) groups excluding carboxylic acids is 1. The number of carbonyl (C=O) groups is 1. The molecule has 0 spiro atoms. The molecule has 0 aromatic heterocycles. The fraction of sp³-hybridized carbons (Fsp3) is 0.364. The minimum absolute atomic E-state index is 0.134. The number of primary amides is 1. The maximum Gasteiger partial charge on any atom is 0.228 e. The summed E-state index contributed by atoms with van der Waals surface area (Å²) in [5.41, 5.74) is 11.2. The van der Waals surface area contributed by atoms with E-state index in [1.807, 2.05) is 18.2 Å². The van der Waals surface area contributed by atoms with Crippen LogP contribution in [0.15, 0.2) is 24.3 Å². The van der Waals surface area contributed by atoms with Gasteiger partial charge < -0.3 is 11.5 Å². The third kappa shape index (κ3) is 1.43. The predicted molar refractivity (Wildman–Crippen MR) is 59.5 cm³/mol. The molecule has 2 atom stereocenters. The van der Waals surface area contributed by atoms with Gasteiger partial charge in [0, 0.05) is 5.02 Å². The Morgan fingerprint density at radius 1 is 1.53 bits per heavy atom.